The molecule has 3 rings (SSSR count). The highest BCUT2D eigenvalue weighted by atomic mass is 35.5. The first-order valence-electron chi connectivity index (χ1n) is 10.5. The summed E-state index contributed by atoms with van der Waals surface area (Å²) >= 11 is 6.04. The van der Waals surface area contributed by atoms with Crippen molar-refractivity contribution in [1.29, 1.82) is 5.26 Å². The standard InChI is InChI=1S/C22H27ClN4O4/c1-2-27(21(30)31)22(14-25-13-18(22)15-3-5-17(23)6-4-15)20(29)16-8-11-26(12-9-16)19(28)7-10-24/h3-6,16,18,25H,2,7-9,11-14H2,1H3,(H,30,31)/t18-,22+/m0/s1. The van der Waals surface area contributed by atoms with Crippen LogP contribution in [-0.4, -0.2) is 71.0 Å². The van der Waals surface area contributed by atoms with Gasteiger partial charge in [0.05, 0.1) is 6.07 Å². The van der Waals surface area contributed by atoms with Gasteiger partial charge in [-0.3, -0.25) is 14.5 Å². The molecule has 0 aliphatic carbocycles. The van der Waals surface area contributed by atoms with E-state index in [0.717, 1.165) is 5.56 Å². The van der Waals surface area contributed by atoms with Crippen LogP contribution < -0.4 is 5.32 Å². The predicted molar refractivity (Wildman–Crippen MR) is 115 cm³/mol. The first-order chi connectivity index (χ1) is 14.8. The van der Waals surface area contributed by atoms with Gasteiger partial charge in [-0.15, -0.1) is 0 Å². The number of carboxylic acid groups (broad SMARTS) is 1. The molecular formula is C22H27ClN4O4. The smallest absolute Gasteiger partial charge is 0.408 e. The normalized spacial score (nSPS) is 23.9. The first-order valence-corrected chi connectivity index (χ1v) is 10.9. The van der Waals surface area contributed by atoms with Crippen LogP contribution in [0.25, 0.3) is 0 Å². The molecule has 0 spiro atoms. The van der Waals surface area contributed by atoms with Crippen molar-refractivity contribution in [2.75, 3.05) is 32.7 Å². The molecule has 2 fully saturated rings. The minimum Gasteiger partial charge on any atom is -0.465 e. The lowest BCUT2D eigenvalue weighted by atomic mass is 9.71. The zero-order valence-corrected chi connectivity index (χ0v) is 18.3. The molecule has 2 N–H and O–H groups in total. The predicted octanol–water partition coefficient (Wildman–Crippen LogP) is 2.49. The number of hydrogen-bond donors (Lipinski definition) is 2. The highest BCUT2D eigenvalue weighted by Gasteiger charge is 2.56. The van der Waals surface area contributed by atoms with Gasteiger partial charge >= 0.3 is 6.09 Å². The second kappa shape index (κ2) is 9.67. The lowest BCUT2D eigenvalue weighted by molar-refractivity contribution is -0.139. The number of rotatable bonds is 6. The zero-order valence-electron chi connectivity index (χ0n) is 17.5. The second-order valence-corrected chi connectivity index (χ2v) is 8.48. The van der Waals surface area contributed by atoms with Gasteiger partial charge < -0.3 is 15.3 Å². The molecule has 9 heteroatoms. The highest BCUT2D eigenvalue weighted by Crippen LogP contribution is 2.41. The fraction of sp³-hybridized carbons (Fsp3) is 0.545. The van der Waals surface area contributed by atoms with Crippen LogP contribution >= 0.6 is 11.6 Å². The van der Waals surface area contributed by atoms with E-state index in [1.54, 1.807) is 24.0 Å². The molecule has 0 saturated carbocycles. The molecule has 2 aliphatic heterocycles. The molecular weight excluding hydrogens is 420 g/mol. The van der Waals surface area contributed by atoms with Gasteiger partial charge in [-0.05, 0) is 37.5 Å². The van der Waals surface area contributed by atoms with E-state index in [2.05, 4.69) is 5.32 Å². The fourth-order valence-electron chi connectivity index (χ4n) is 4.98. The Morgan fingerprint density at radius 1 is 1.29 bits per heavy atom. The van der Waals surface area contributed by atoms with Crippen molar-refractivity contribution in [3.05, 3.63) is 34.9 Å². The number of ketones is 1. The Bertz CT molecular complexity index is 876. The number of piperidine rings is 1. The van der Waals surface area contributed by atoms with E-state index in [1.807, 2.05) is 18.2 Å². The summed E-state index contributed by atoms with van der Waals surface area (Å²) in [5.41, 5.74) is -0.359. The van der Waals surface area contributed by atoms with Crippen LogP contribution in [0.3, 0.4) is 0 Å². The number of halogens is 1. The maximum absolute atomic E-state index is 14.0. The molecule has 0 bridgehead atoms. The quantitative estimate of drug-likeness (QED) is 0.693. The van der Waals surface area contributed by atoms with E-state index in [1.165, 1.54) is 4.90 Å². The molecule has 2 aliphatic rings. The average Bonchev–Trinajstić information content (AvgIpc) is 3.20. The van der Waals surface area contributed by atoms with Gasteiger partial charge in [-0.25, -0.2) is 4.79 Å². The minimum atomic E-state index is -1.22. The SMILES string of the molecule is CCN(C(=O)O)[C@]1(C(=O)C2CCN(C(=O)CC#N)CC2)CNC[C@H]1c1ccc(Cl)cc1. The third kappa shape index (κ3) is 4.39. The number of nitrogens with zero attached hydrogens (tertiary/aromatic N) is 3. The molecule has 1 aromatic carbocycles. The Morgan fingerprint density at radius 2 is 1.94 bits per heavy atom. The molecule has 2 atom stereocenters. The van der Waals surface area contributed by atoms with E-state index < -0.39 is 11.6 Å². The van der Waals surface area contributed by atoms with E-state index in [4.69, 9.17) is 16.9 Å². The van der Waals surface area contributed by atoms with Gasteiger partial charge in [0, 0.05) is 49.6 Å². The number of carbonyl (C=O) groups excluding carboxylic acids is 2. The number of Topliss-reactive ketones (excluding diaryl/α,β-unsaturated/α-hetero) is 1. The summed E-state index contributed by atoms with van der Waals surface area (Å²) in [7, 11) is 0. The van der Waals surface area contributed by atoms with Crippen LogP contribution in [-0.2, 0) is 9.59 Å². The van der Waals surface area contributed by atoms with Crippen LogP contribution in [0, 0.1) is 17.2 Å². The summed E-state index contributed by atoms with van der Waals surface area (Å²) in [6.45, 7) is 3.44. The molecule has 2 heterocycles. The Hall–Kier alpha value is -2.63. The van der Waals surface area contributed by atoms with Crippen LogP contribution in [0.15, 0.2) is 24.3 Å². The molecule has 166 valence electrons. The lowest BCUT2D eigenvalue weighted by Crippen LogP contribution is -2.63. The van der Waals surface area contributed by atoms with Crippen molar-refractivity contribution in [2.24, 2.45) is 5.92 Å². The molecule has 0 aromatic heterocycles. The van der Waals surface area contributed by atoms with Gasteiger partial charge in [0.15, 0.2) is 5.78 Å². The summed E-state index contributed by atoms with van der Waals surface area (Å²) in [5, 5.41) is 22.5. The maximum atomic E-state index is 14.0. The second-order valence-electron chi connectivity index (χ2n) is 8.04. The Morgan fingerprint density at radius 3 is 2.48 bits per heavy atom. The Balaban J connectivity index is 1.92. The van der Waals surface area contributed by atoms with Gasteiger partial charge in [0.2, 0.25) is 5.91 Å². The zero-order chi connectivity index (χ0) is 22.6. The van der Waals surface area contributed by atoms with Crippen LogP contribution in [0.2, 0.25) is 5.02 Å². The third-order valence-corrected chi connectivity index (χ3v) is 6.75. The number of nitrogens with one attached hydrogen (secondary N) is 1. The number of nitriles is 1. The van der Waals surface area contributed by atoms with Gasteiger partial charge in [-0.2, -0.15) is 5.26 Å². The molecule has 0 radical (unpaired) electrons. The van der Waals surface area contributed by atoms with Crippen molar-refractivity contribution in [1.82, 2.24) is 15.1 Å². The molecule has 0 unspecified atom stereocenters. The van der Waals surface area contributed by atoms with E-state index in [9.17, 15) is 19.5 Å². The Labute approximate surface area is 186 Å². The monoisotopic (exact) mass is 446 g/mol. The number of hydrogen-bond acceptors (Lipinski definition) is 5. The van der Waals surface area contributed by atoms with E-state index in [0.29, 0.717) is 37.5 Å². The van der Waals surface area contributed by atoms with E-state index in [-0.39, 0.29) is 43.0 Å². The Kier molecular flexibility index (Phi) is 7.19. The largest absolute Gasteiger partial charge is 0.465 e. The van der Waals surface area contributed by atoms with Crippen molar-refractivity contribution >= 4 is 29.4 Å². The van der Waals surface area contributed by atoms with Crippen molar-refractivity contribution < 1.29 is 19.5 Å². The maximum Gasteiger partial charge on any atom is 0.408 e. The topological polar surface area (TPSA) is 114 Å². The van der Waals surface area contributed by atoms with Gasteiger partial charge in [0.1, 0.15) is 12.0 Å². The van der Waals surface area contributed by atoms with E-state index >= 15 is 0 Å². The molecule has 2 saturated heterocycles. The van der Waals surface area contributed by atoms with Crippen LogP contribution in [0.5, 0.6) is 0 Å². The molecule has 1 aromatic rings. The van der Waals surface area contributed by atoms with Crippen molar-refractivity contribution in [3.63, 3.8) is 0 Å². The van der Waals surface area contributed by atoms with Crippen LogP contribution in [0.4, 0.5) is 4.79 Å². The lowest BCUT2D eigenvalue weighted by Gasteiger charge is -2.44. The summed E-state index contributed by atoms with van der Waals surface area (Å²) < 4.78 is 0. The first kappa shape index (κ1) is 23.0. The van der Waals surface area contributed by atoms with Gasteiger partial charge in [-0.1, -0.05) is 23.7 Å². The number of likely N-dealkylation sites (tertiary alicyclic amines) is 1. The summed E-state index contributed by atoms with van der Waals surface area (Å²) in [4.78, 5) is 41.0. The molecule has 8 nitrogen and oxygen atoms in total. The van der Waals surface area contributed by atoms with Crippen molar-refractivity contribution in [2.45, 2.75) is 37.6 Å². The number of likely N-dealkylation sites (N-methyl/N-ethyl adjacent to an activating group) is 1. The van der Waals surface area contributed by atoms with Crippen LogP contribution in [0.1, 0.15) is 37.7 Å². The molecule has 2 amide bonds. The average molecular weight is 447 g/mol. The van der Waals surface area contributed by atoms with Gasteiger partial charge in [0.25, 0.3) is 0 Å². The number of carbonyl (C=O) groups is 3. The summed E-state index contributed by atoms with van der Waals surface area (Å²) in [6.07, 6.45) is -0.377. The summed E-state index contributed by atoms with van der Waals surface area (Å²) in [6, 6.07) is 9.06. The summed E-state index contributed by atoms with van der Waals surface area (Å²) in [5.74, 6) is -1.03. The number of benzene rings is 1. The fourth-order valence-corrected chi connectivity index (χ4v) is 5.10. The highest BCUT2D eigenvalue weighted by molar-refractivity contribution is 6.30. The third-order valence-electron chi connectivity index (χ3n) is 6.50. The molecule has 31 heavy (non-hydrogen) atoms. The van der Waals surface area contributed by atoms with Crippen molar-refractivity contribution in [3.8, 4) is 6.07 Å². The minimum absolute atomic E-state index is 0.103. The number of amides is 2.